The molecule has 1 aromatic carbocycles. The Morgan fingerprint density at radius 3 is 2.60 bits per heavy atom. The molecule has 1 aliphatic heterocycles. The highest BCUT2D eigenvalue weighted by molar-refractivity contribution is 6.30. The largest absolute Gasteiger partial charge is 0.465 e. The summed E-state index contributed by atoms with van der Waals surface area (Å²) in [4.78, 5) is 17.6. The zero-order valence-electron chi connectivity index (χ0n) is 14.0. The van der Waals surface area contributed by atoms with Crippen LogP contribution in [0.2, 0.25) is 5.02 Å². The van der Waals surface area contributed by atoms with Crippen molar-refractivity contribution in [3.63, 3.8) is 0 Å². The maximum Gasteiger partial charge on any atom is 0.404 e. The Labute approximate surface area is 152 Å². The Morgan fingerprint density at radius 1 is 1.20 bits per heavy atom. The molecular weight excluding hydrogens is 338 g/mol. The molecule has 1 aromatic heterocycles. The zero-order valence-corrected chi connectivity index (χ0v) is 14.7. The summed E-state index contributed by atoms with van der Waals surface area (Å²) in [6.45, 7) is 2.44. The number of pyridine rings is 1. The molecule has 1 fully saturated rings. The van der Waals surface area contributed by atoms with Crippen LogP contribution in [0.4, 0.5) is 10.6 Å². The molecule has 6 heteroatoms. The van der Waals surface area contributed by atoms with Gasteiger partial charge in [0.2, 0.25) is 0 Å². The molecular formula is C19H22ClN3O2. The normalized spacial score (nSPS) is 15.2. The third-order valence-electron chi connectivity index (χ3n) is 4.64. The van der Waals surface area contributed by atoms with Crippen LogP contribution in [0.3, 0.4) is 0 Å². The van der Waals surface area contributed by atoms with Gasteiger partial charge in [-0.1, -0.05) is 29.8 Å². The number of halogens is 1. The smallest absolute Gasteiger partial charge is 0.404 e. The number of rotatable bonds is 5. The maximum absolute atomic E-state index is 10.5. The van der Waals surface area contributed by atoms with Gasteiger partial charge in [0.15, 0.2) is 0 Å². The van der Waals surface area contributed by atoms with E-state index < -0.39 is 6.09 Å². The number of amides is 1. The maximum atomic E-state index is 10.5. The molecule has 2 N–H and O–H groups in total. The van der Waals surface area contributed by atoms with E-state index in [4.69, 9.17) is 21.7 Å². The first-order valence-corrected chi connectivity index (χ1v) is 8.94. The first-order valence-electron chi connectivity index (χ1n) is 8.56. The highest BCUT2D eigenvalue weighted by atomic mass is 35.5. The van der Waals surface area contributed by atoms with Crippen LogP contribution in [0, 0.1) is 5.92 Å². The average Bonchev–Trinajstić information content (AvgIpc) is 2.63. The Kier molecular flexibility index (Phi) is 5.76. The standard InChI is InChI=1S/C19H22ClN3O2/c20-16-6-4-15(5-7-16)17-2-1-3-18(22-17)23-12-9-14(10-13-23)8-11-21-19(24)25/h1-7,14,21H,8-13H2,(H,24,25). The minimum absolute atomic E-state index is 0.532. The number of aromatic nitrogens is 1. The van der Waals surface area contributed by atoms with E-state index in [1.54, 1.807) is 0 Å². The summed E-state index contributed by atoms with van der Waals surface area (Å²) < 4.78 is 0. The monoisotopic (exact) mass is 359 g/mol. The van der Waals surface area contributed by atoms with Crippen LogP contribution in [0.1, 0.15) is 19.3 Å². The van der Waals surface area contributed by atoms with Gasteiger partial charge in [0.25, 0.3) is 0 Å². The number of piperidine rings is 1. The predicted molar refractivity (Wildman–Crippen MR) is 100 cm³/mol. The van der Waals surface area contributed by atoms with E-state index in [2.05, 4.69) is 10.2 Å². The van der Waals surface area contributed by atoms with E-state index in [1.165, 1.54) is 0 Å². The van der Waals surface area contributed by atoms with E-state index in [-0.39, 0.29) is 0 Å². The molecule has 0 spiro atoms. The van der Waals surface area contributed by atoms with Crippen LogP contribution in [-0.4, -0.2) is 35.8 Å². The Hall–Kier alpha value is -2.27. The second-order valence-corrected chi connectivity index (χ2v) is 6.78. The molecule has 0 saturated carbocycles. The van der Waals surface area contributed by atoms with Crippen molar-refractivity contribution >= 4 is 23.5 Å². The van der Waals surface area contributed by atoms with Gasteiger partial charge >= 0.3 is 6.09 Å². The topological polar surface area (TPSA) is 65.5 Å². The number of nitrogens with zero attached hydrogens (tertiary/aromatic N) is 2. The number of carboxylic acid groups (broad SMARTS) is 1. The van der Waals surface area contributed by atoms with Crippen molar-refractivity contribution in [2.75, 3.05) is 24.5 Å². The van der Waals surface area contributed by atoms with Gasteiger partial charge in [-0.05, 0) is 49.4 Å². The van der Waals surface area contributed by atoms with Crippen molar-refractivity contribution < 1.29 is 9.90 Å². The van der Waals surface area contributed by atoms with Crippen molar-refractivity contribution in [1.82, 2.24) is 10.3 Å². The molecule has 0 unspecified atom stereocenters. The van der Waals surface area contributed by atoms with Gasteiger partial charge in [-0.2, -0.15) is 0 Å². The lowest BCUT2D eigenvalue weighted by atomic mass is 9.93. The second kappa shape index (κ2) is 8.21. The molecule has 5 nitrogen and oxygen atoms in total. The lowest BCUT2D eigenvalue weighted by Crippen LogP contribution is -2.35. The summed E-state index contributed by atoms with van der Waals surface area (Å²) in [5, 5.41) is 11.8. The molecule has 0 radical (unpaired) electrons. The molecule has 2 heterocycles. The number of carbonyl (C=O) groups is 1. The molecule has 0 bridgehead atoms. The third kappa shape index (κ3) is 4.86. The van der Waals surface area contributed by atoms with E-state index in [1.807, 2.05) is 42.5 Å². The van der Waals surface area contributed by atoms with Crippen LogP contribution in [-0.2, 0) is 0 Å². The first kappa shape index (κ1) is 17.5. The summed E-state index contributed by atoms with van der Waals surface area (Å²) in [7, 11) is 0. The second-order valence-electron chi connectivity index (χ2n) is 6.34. The number of anilines is 1. The fraction of sp³-hybridized carbons (Fsp3) is 0.368. The molecule has 132 valence electrons. The quantitative estimate of drug-likeness (QED) is 0.836. The highest BCUT2D eigenvalue weighted by Crippen LogP contribution is 2.26. The van der Waals surface area contributed by atoms with Crippen LogP contribution in [0.15, 0.2) is 42.5 Å². The van der Waals surface area contributed by atoms with Gasteiger partial charge in [0.1, 0.15) is 5.82 Å². The van der Waals surface area contributed by atoms with E-state index in [0.717, 1.165) is 54.4 Å². The van der Waals surface area contributed by atoms with E-state index >= 15 is 0 Å². The average molecular weight is 360 g/mol. The minimum Gasteiger partial charge on any atom is -0.465 e. The minimum atomic E-state index is -0.944. The highest BCUT2D eigenvalue weighted by Gasteiger charge is 2.20. The lowest BCUT2D eigenvalue weighted by Gasteiger charge is -2.33. The Balaban J connectivity index is 1.59. The number of benzene rings is 1. The van der Waals surface area contributed by atoms with Gasteiger partial charge in [-0.3, -0.25) is 0 Å². The summed E-state index contributed by atoms with van der Waals surface area (Å²) >= 11 is 5.95. The van der Waals surface area contributed by atoms with Gasteiger partial charge in [-0.25, -0.2) is 9.78 Å². The Morgan fingerprint density at radius 2 is 1.92 bits per heavy atom. The number of hydrogen-bond acceptors (Lipinski definition) is 3. The molecule has 25 heavy (non-hydrogen) atoms. The fourth-order valence-electron chi connectivity index (χ4n) is 3.21. The van der Waals surface area contributed by atoms with Crippen LogP contribution in [0.25, 0.3) is 11.3 Å². The zero-order chi connectivity index (χ0) is 17.6. The van der Waals surface area contributed by atoms with Gasteiger partial charge < -0.3 is 15.3 Å². The number of hydrogen-bond donors (Lipinski definition) is 2. The van der Waals surface area contributed by atoms with Gasteiger partial charge in [0.05, 0.1) is 5.69 Å². The summed E-state index contributed by atoms with van der Waals surface area (Å²) in [6.07, 6.45) is 2.08. The molecule has 0 atom stereocenters. The SMILES string of the molecule is O=C(O)NCCC1CCN(c2cccc(-c3ccc(Cl)cc3)n2)CC1. The molecule has 1 aliphatic rings. The summed E-state index contributed by atoms with van der Waals surface area (Å²) in [5.41, 5.74) is 2.00. The van der Waals surface area contributed by atoms with Crippen LogP contribution in [0.5, 0.6) is 0 Å². The summed E-state index contributed by atoms with van der Waals surface area (Å²) in [5.74, 6) is 1.57. The van der Waals surface area contributed by atoms with Crippen molar-refractivity contribution in [2.24, 2.45) is 5.92 Å². The van der Waals surface area contributed by atoms with Gasteiger partial charge in [0, 0.05) is 30.2 Å². The summed E-state index contributed by atoms with van der Waals surface area (Å²) in [6, 6.07) is 13.8. The number of nitrogens with one attached hydrogen (secondary N) is 1. The molecule has 2 aromatic rings. The predicted octanol–water partition coefficient (Wildman–Crippen LogP) is 4.28. The van der Waals surface area contributed by atoms with Crippen LogP contribution >= 0.6 is 11.6 Å². The molecule has 0 aliphatic carbocycles. The van der Waals surface area contributed by atoms with Crippen molar-refractivity contribution in [2.45, 2.75) is 19.3 Å². The molecule has 1 saturated heterocycles. The van der Waals surface area contributed by atoms with Crippen molar-refractivity contribution in [3.05, 3.63) is 47.5 Å². The molecule has 1 amide bonds. The van der Waals surface area contributed by atoms with Crippen LogP contribution < -0.4 is 10.2 Å². The first-order chi connectivity index (χ1) is 12.1. The van der Waals surface area contributed by atoms with E-state index in [0.29, 0.717) is 12.5 Å². The van der Waals surface area contributed by atoms with E-state index in [9.17, 15) is 4.79 Å². The molecule has 3 rings (SSSR count). The van der Waals surface area contributed by atoms with Crippen molar-refractivity contribution in [1.29, 1.82) is 0 Å². The van der Waals surface area contributed by atoms with Gasteiger partial charge in [-0.15, -0.1) is 0 Å². The fourth-order valence-corrected chi connectivity index (χ4v) is 3.34. The lowest BCUT2D eigenvalue weighted by molar-refractivity contribution is 0.193. The third-order valence-corrected chi connectivity index (χ3v) is 4.89. The Bertz CT molecular complexity index is 713. The van der Waals surface area contributed by atoms with Crippen molar-refractivity contribution in [3.8, 4) is 11.3 Å².